The monoisotopic (exact) mass is 938 g/mol. The first-order chi connectivity index (χ1) is 32.3. The van der Waals surface area contributed by atoms with Gasteiger partial charge in [0.25, 0.3) is 0 Å². The summed E-state index contributed by atoms with van der Waals surface area (Å²) in [7, 11) is 0. The third kappa shape index (κ3) is 34.8. The van der Waals surface area contributed by atoms with Crippen molar-refractivity contribution in [1.29, 1.82) is 0 Å². The topological polar surface area (TPSA) is 169 Å². The molecule has 0 aromatic heterocycles. The minimum atomic E-state index is -1.61. The Labute approximate surface area is 405 Å². The fourth-order valence-corrected chi connectivity index (χ4v) is 9.04. The molecule has 0 spiro atoms. The third-order valence-electron chi connectivity index (χ3n) is 13.6. The van der Waals surface area contributed by atoms with Crippen LogP contribution in [0.25, 0.3) is 0 Å². The SMILES string of the molecule is CCCCCCCCCCCCCC/C=C\CCCCCCCCCCC(O)C(=O)NC(COC1OC(CO)C(O)C(O)C1O)C(O)/C=C/CCCCCCCCCCCCCCCCC. The van der Waals surface area contributed by atoms with E-state index in [1.165, 1.54) is 199 Å². The van der Waals surface area contributed by atoms with Crippen LogP contribution < -0.4 is 5.32 Å². The van der Waals surface area contributed by atoms with E-state index < -0.39 is 61.5 Å². The molecule has 1 aliphatic heterocycles. The van der Waals surface area contributed by atoms with E-state index in [0.717, 1.165) is 38.5 Å². The van der Waals surface area contributed by atoms with E-state index in [9.17, 15) is 35.4 Å². The van der Waals surface area contributed by atoms with Gasteiger partial charge in [0.05, 0.1) is 25.4 Å². The molecule has 7 N–H and O–H groups in total. The predicted octanol–water partition coefficient (Wildman–Crippen LogP) is 12.4. The van der Waals surface area contributed by atoms with E-state index in [4.69, 9.17) is 9.47 Å². The van der Waals surface area contributed by atoms with E-state index in [1.807, 2.05) is 6.08 Å². The molecule has 0 radical (unpaired) electrons. The Morgan fingerprint density at radius 1 is 0.515 bits per heavy atom. The number of amides is 1. The van der Waals surface area contributed by atoms with Gasteiger partial charge in [0.1, 0.15) is 30.5 Å². The van der Waals surface area contributed by atoms with Gasteiger partial charge < -0.3 is 45.4 Å². The van der Waals surface area contributed by atoms with E-state index in [1.54, 1.807) is 6.08 Å². The summed E-state index contributed by atoms with van der Waals surface area (Å²) in [6.07, 6.45) is 47.0. The standard InChI is InChI=1S/C56H107NO9/c1-3-5-7-9-11-13-15-17-19-21-22-23-24-25-26-27-29-31-33-35-37-39-41-43-45-50(60)55(64)57-48(47-65-56-54(63)53(62)52(61)51(46-58)66-56)49(59)44-42-40-38-36-34-32-30-28-20-18-16-14-12-10-8-6-4-2/h25-26,42,44,48-54,56,58-63H,3-24,27-41,43,45-47H2,1-2H3,(H,57,64)/b26-25-,44-42+. The number of carbonyl (C=O) groups is 1. The molecule has 10 nitrogen and oxygen atoms in total. The summed E-state index contributed by atoms with van der Waals surface area (Å²) in [6.45, 7) is 3.64. The molecule has 8 unspecified atom stereocenters. The number of aliphatic hydroxyl groups is 6. The molecular formula is C56H107NO9. The number of unbranched alkanes of at least 4 members (excludes halogenated alkanes) is 35. The van der Waals surface area contributed by atoms with Crippen molar-refractivity contribution in [3.8, 4) is 0 Å². The predicted molar refractivity (Wildman–Crippen MR) is 273 cm³/mol. The molecule has 0 aromatic rings. The molecule has 0 aromatic carbocycles. The number of hydrogen-bond donors (Lipinski definition) is 7. The first-order valence-electron chi connectivity index (χ1n) is 28.2. The Balaban J connectivity index is 2.28. The zero-order valence-corrected chi connectivity index (χ0v) is 42.8. The van der Waals surface area contributed by atoms with Gasteiger partial charge in [0, 0.05) is 0 Å². The smallest absolute Gasteiger partial charge is 0.249 e. The molecule has 1 saturated heterocycles. The highest BCUT2D eigenvalue weighted by Crippen LogP contribution is 2.23. The Morgan fingerprint density at radius 2 is 0.879 bits per heavy atom. The zero-order valence-electron chi connectivity index (χ0n) is 42.8. The summed E-state index contributed by atoms with van der Waals surface area (Å²) in [5.74, 6) is -0.615. The molecule has 0 bridgehead atoms. The van der Waals surface area contributed by atoms with Crippen molar-refractivity contribution in [2.75, 3.05) is 13.2 Å². The summed E-state index contributed by atoms with van der Waals surface area (Å²) in [5.41, 5.74) is 0. The Kier molecular flexibility index (Phi) is 43.7. The molecule has 10 heteroatoms. The van der Waals surface area contributed by atoms with Crippen LogP contribution >= 0.6 is 0 Å². The van der Waals surface area contributed by atoms with Crippen LogP contribution in [-0.2, 0) is 14.3 Å². The normalized spacial score (nSPS) is 20.4. The van der Waals surface area contributed by atoms with E-state index in [-0.39, 0.29) is 6.61 Å². The van der Waals surface area contributed by atoms with Crippen LogP contribution in [0.1, 0.15) is 264 Å². The molecule has 1 rings (SSSR count). The van der Waals surface area contributed by atoms with Crippen molar-refractivity contribution in [2.45, 2.75) is 313 Å². The zero-order chi connectivity index (χ0) is 48.1. The van der Waals surface area contributed by atoms with E-state index >= 15 is 0 Å². The lowest BCUT2D eigenvalue weighted by Crippen LogP contribution is -2.60. The molecule has 1 amide bonds. The highest BCUT2D eigenvalue weighted by atomic mass is 16.7. The number of allylic oxidation sites excluding steroid dienone is 3. The molecule has 66 heavy (non-hydrogen) atoms. The molecule has 0 saturated carbocycles. The summed E-state index contributed by atoms with van der Waals surface area (Å²) in [4.78, 5) is 13.1. The van der Waals surface area contributed by atoms with Gasteiger partial charge in [-0.15, -0.1) is 0 Å². The van der Waals surface area contributed by atoms with E-state index in [0.29, 0.717) is 12.8 Å². The second-order valence-corrected chi connectivity index (χ2v) is 19.9. The van der Waals surface area contributed by atoms with Gasteiger partial charge in [-0.3, -0.25) is 4.79 Å². The van der Waals surface area contributed by atoms with Crippen molar-refractivity contribution >= 4 is 5.91 Å². The van der Waals surface area contributed by atoms with Crippen molar-refractivity contribution in [3.05, 3.63) is 24.3 Å². The number of aliphatic hydroxyl groups excluding tert-OH is 6. The largest absolute Gasteiger partial charge is 0.394 e. The van der Waals surface area contributed by atoms with Crippen LogP contribution in [0.2, 0.25) is 0 Å². The van der Waals surface area contributed by atoms with Gasteiger partial charge in [-0.1, -0.05) is 244 Å². The first kappa shape index (κ1) is 62.6. The minimum Gasteiger partial charge on any atom is -0.394 e. The second kappa shape index (κ2) is 46.0. The van der Waals surface area contributed by atoms with Gasteiger partial charge in [-0.2, -0.15) is 0 Å². The maximum atomic E-state index is 13.1. The second-order valence-electron chi connectivity index (χ2n) is 19.9. The lowest BCUT2D eigenvalue weighted by atomic mass is 9.99. The van der Waals surface area contributed by atoms with Gasteiger partial charge >= 0.3 is 0 Å². The quantitative estimate of drug-likeness (QED) is 0.0232. The lowest BCUT2D eigenvalue weighted by molar-refractivity contribution is -0.302. The average molecular weight is 938 g/mol. The number of rotatable bonds is 48. The van der Waals surface area contributed by atoms with Crippen LogP contribution in [0.15, 0.2) is 24.3 Å². The van der Waals surface area contributed by atoms with Gasteiger partial charge in [-0.05, 0) is 44.9 Å². The van der Waals surface area contributed by atoms with Crippen LogP contribution in [-0.4, -0.2) is 98.7 Å². The van der Waals surface area contributed by atoms with Crippen LogP contribution in [0.3, 0.4) is 0 Å². The summed E-state index contributed by atoms with van der Waals surface area (Å²) < 4.78 is 11.2. The number of ether oxygens (including phenoxy) is 2. The number of hydrogen-bond acceptors (Lipinski definition) is 9. The van der Waals surface area contributed by atoms with E-state index in [2.05, 4.69) is 31.3 Å². The van der Waals surface area contributed by atoms with Crippen molar-refractivity contribution in [2.24, 2.45) is 0 Å². The molecule has 1 heterocycles. The van der Waals surface area contributed by atoms with Gasteiger partial charge in [0.15, 0.2) is 6.29 Å². The molecule has 8 atom stereocenters. The molecule has 390 valence electrons. The average Bonchev–Trinajstić information content (AvgIpc) is 3.32. The van der Waals surface area contributed by atoms with Gasteiger partial charge in [0.2, 0.25) is 5.91 Å². The van der Waals surface area contributed by atoms with Crippen molar-refractivity contribution in [3.63, 3.8) is 0 Å². The summed E-state index contributed by atoms with van der Waals surface area (Å²) in [5, 5.41) is 65.0. The fourth-order valence-electron chi connectivity index (χ4n) is 9.04. The Hall–Kier alpha value is -1.37. The molecule has 1 fully saturated rings. The summed E-state index contributed by atoms with van der Waals surface area (Å²) >= 11 is 0. The Bertz CT molecular complexity index is 1110. The fraction of sp³-hybridized carbons (Fsp3) is 0.911. The molecule has 1 aliphatic rings. The molecular weight excluding hydrogens is 831 g/mol. The molecule has 0 aliphatic carbocycles. The lowest BCUT2D eigenvalue weighted by Gasteiger charge is -2.40. The van der Waals surface area contributed by atoms with Crippen LogP contribution in [0.4, 0.5) is 0 Å². The number of carbonyl (C=O) groups excluding carboxylic acids is 1. The van der Waals surface area contributed by atoms with Crippen molar-refractivity contribution in [1.82, 2.24) is 5.32 Å². The van der Waals surface area contributed by atoms with Crippen molar-refractivity contribution < 1.29 is 44.9 Å². The van der Waals surface area contributed by atoms with Crippen LogP contribution in [0.5, 0.6) is 0 Å². The number of nitrogens with one attached hydrogen (secondary N) is 1. The third-order valence-corrected chi connectivity index (χ3v) is 13.6. The summed E-state index contributed by atoms with van der Waals surface area (Å²) in [6, 6.07) is -0.980. The highest BCUT2D eigenvalue weighted by Gasteiger charge is 2.44. The van der Waals surface area contributed by atoms with Gasteiger partial charge in [-0.25, -0.2) is 0 Å². The maximum absolute atomic E-state index is 13.1. The van der Waals surface area contributed by atoms with Crippen LogP contribution in [0, 0.1) is 0 Å². The Morgan fingerprint density at radius 3 is 1.27 bits per heavy atom. The maximum Gasteiger partial charge on any atom is 0.249 e. The highest BCUT2D eigenvalue weighted by molar-refractivity contribution is 5.80. The minimum absolute atomic E-state index is 0.304. The first-order valence-corrected chi connectivity index (χ1v) is 28.2.